The Balaban J connectivity index is 2.75. The molecule has 0 aliphatic heterocycles. The monoisotopic (exact) mass is 228 g/mol. The van der Waals surface area contributed by atoms with Crippen molar-refractivity contribution in [3.05, 3.63) is 39.7 Å². The number of hydrogen-bond acceptors (Lipinski definition) is 3. The van der Waals surface area contributed by atoms with Gasteiger partial charge in [-0.3, -0.25) is 4.79 Å². The maximum atomic E-state index is 11.9. The van der Waals surface area contributed by atoms with Crippen molar-refractivity contribution in [1.29, 1.82) is 5.26 Å². The Morgan fingerprint density at radius 2 is 2.24 bits per heavy atom. The SMILES string of the molecule is CCOc1cc2[nH]cc(C#N)c(=O)c2cc1C. The van der Waals surface area contributed by atoms with Gasteiger partial charge in [-0.05, 0) is 25.5 Å². The maximum Gasteiger partial charge on any atom is 0.207 e. The lowest BCUT2D eigenvalue weighted by Crippen LogP contribution is -2.07. The second-order valence-electron chi connectivity index (χ2n) is 3.74. The summed E-state index contributed by atoms with van der Waals surface area (Å²) in [6.45, 7) is 4.36. The molecular formula is C13H12N2O2. The Kier molecular flexibility index (Phi) is 2.84. The number of aryl methyl sites for hydroxylation is 1. The van der Waals surface area contributed by atoms with Gasteiger partial charge in [-0.25, -0.2) is 0 Å². The minimum Gasteiger partial charge on any atom is -0.494 e. The van der Waals surface area contributed by atoms with E-state index in [4.69, 9.17) is 10.00 Å². The van der Waals surface area contributed by atoms with Gasteiger partial charge in [0, 0.05) is 17.6 Å². The summed E-state index contributed by atoms with van der Waals surface area (Å²) in [5.74, 6) is 0.750. The number of nitrogens with one attached hydrogen (secondary N) is 1. The van der Waals surface area contributed by atoms with E-state index in [9.17, 15) is 4.79 Å². The highest BCUT2D eigenvalue weighted by Gasteiger charge is 2.08. The van der Waals surface area contributed by atoms with Crippen molar-refractivity contribution in [2.75, 3.05) is 6.61 Å². The van der Waals surface area contributed by atoms with Gasteiger partial charge in [0.05, 0.1) is 12.1 Å². The number of rotatable bonds is 2. The van der Waals surface area contributed by atoms with Crippen LogP contribution in [0.4, 0.5) is 0 Å². The molecule has 2 rings (SSSR count). The number of hydrogen-bond donors (Lipinski definition) is 1. The van der Waals surface area contributed by atoms with Crippen LogP contribution >= 0.6 is 0 Å². The van der Waals surface area contributed by atoms with E-state index < -0.39 is 0 Å². The van der Waals surface area contributed by atoms with Crippen molar-refractivity contribution in [3.63, 3.8) is 0 Å². The number of aromatic nitrogens is 1. The predicted molar refractivity (Wildman–Crippen MR) is 65.2 cm³/mol. The summed E-state index contributed by atoms with van der Waals surface area (Å²) < 4.78 is 5.45. The van der Waals surface area contributed by atoms with Gasteiger partial charge in [-0.15, -0.1) is 0 Å². The van der Waals surface area contributed by atoms with Crippen molar-refractivity contribution in [3.8, 4) is 11.8 Å². The normalized spacial score (nSPS) is 10.2. The molecule has 0 aliphatic rings. The third-order valence-corrected chi connectivity index (χ3v) is 2.60. The van der Waals surface area contributed by atoms with Gasteiger partial charge in [0.1, 0.15) is 17.4 Å². The first-order valence-electron chi connectivity index (χ1n) is 5.36. The summed E-state index contributed by atoms with van der Waals surface area (Å²) in [4.78, 5) is 14.8. The largest absolute Gasteiger partial charge is 0.494 e. The summed E-state index contributed by atoms with van der Waals surface area (Å²) in [6, 6.07) is 5.41. The average molecular weight is 228 g/mol. The molecule has 1 N–H and O–H groups in total. The molecule has 0 unspecified atom stereocenters. The van der Waals surface area contributed by atoms with Gasteiger partial charge < -0.3 is 9.72 Å². The van der Waals surface area contributed by atoms with E-state index in [2.05, 4.69) is 4.98 Å². The van der Waals surface area contributed by atoms with Crippen molar-refractivity contribution >= 4 is 10.9 Å². The molecule has 1 heterocycles. The van der Waals surface area contributed by atoms with Crippen LogP contribution in [-0.2, 0) is 0 Å². The number of aromatic amines is 1. The molecule has 0 aliphatic carbocycles. The number of benzene rings is 1. The molecule has 0 saturated carbocycles. The number of fused-ring (bicyclic) bond motifs is 1. The summed E-state index contributed by atoms with van der Waals surface area (Å²) in [5.41, 5.74) is 1.46. The lowest BCUT2D eigenvalue weighted by atomic mass is 10.1. The van der Waals surface area contributed by atoms with E-state index in [0.717, 1.165) is 11.3 Å². The van der Waals surface area contributed by atoms with Crippen LogP contribution < -0.4 is 10.2 Å². The quantitative estimate of drug-likeness (QED) is 0.856. The summed E-state index contributed by atoms with van der Waals surface area (Å²) in [5, 5.41) is 9.31. The van der Waals surface area contributed by atoms with Gasteiger partial charge in [0.25, 0.3) is 0 Å². The molecule has 0 atom stereocenters. The molecule has 4 nitrogen and oxygen atoms in total. The van der Waals surface area contributed by atoms with E-state index in [-0.39, 0.29) is 11.0 Å². The van der Waals surface area contributed by atoms with Crippen LogP contribution in [0.2, 0.25) is 0 Å². The molecule has 0 spiro atoms. The first-order valence-corrected chi connectivity index (χ1v) is 5.36. The number of nitriles is 1. The number of H-pyrrole nitrogens is 1. The molecule has 1 aromatic heterocycles. The Morgan fingerprint density at radius 1 is 1.47 bits per heavy atom. The van der Waals surface area contributed by atoms with Crippen LogP contribution in [0.15, 0.2) is 23.1 Å². The fourth-order valence-corrected chi connectivity index (χ4v) is 1.75. The molecule has 0 fully saturated rings. The first kappa shape index (κ1) is 11.2. The van der Waals surface area contributed by atoms with Crippen LogP contribution in [0.3, 0.4) is 0 Å². The molecular weight excluding hydrogens is 216 g/mol. The topological polar surface area (TPSA) is 65.9 Å². The van der Waals surface area contributed by atoms with Gasteiger partial charge in [0.15, 0.2) is 0 Å². The Bertz CT molecular complexity index is 665. The molecule has 0 radical (unpaired) electrons. The van der Waals surface area contributed by atoms with Gasteiger partial charge in [-0.1, -0.05) is 0 Å². The third kappa shape index (κ3) is 1.87. The van der Waals surface area contributed by atoms with Crippen LogP contribution in [0.1, 0.15) is 18.1 Å². The molecule has 86 valence electrons. The van der Waals surface area contributed by atoms with Gasteiger partial charge >= 0.3 is 0 Å². The number of ether oxygens (including phenoxy) is 1. The Morgan fingerprint density at radius 3 is 2.88 bits per heavy atom. The zero-order chi connectivity index (χ0) is 12.4. The van der Waals surface area contributed by atoms with Crippen LogP contribution in [0.25, 0.3) is 10.9 Å². The van der Waals surface area contributed by atoms with Crippen molar-refractivity contribution in [2.24, 2.45) is 0 Å². The highest BCUT2D eigenvalue weighted by molar-refractivity contribution is 5.82. The van der Waals surface area contributed by atoms with Crippen molar-refractivity contribution < 1.29 is 4.74 Å². The highest BCUT2D eigenvalue weighted by atomic mass is 16.5. The highest BCUT2D eigenvalue weighted by Crippen LogP contribution is 2.22. The van der Waals surface area contributed by atoms with Crippen molar-refractivity contribution in [2.45, 2.75) is 13.8 Å². The van der Waals surface area contributed by atoms with Crippen LogP contribution in [0.5, 0.6) is 5.75 Å². The van der Waals surface area contributed by atoms with Crippen molar-refractivity contribution in [1.82, 2.24) is 4.98 Å². The standard InChI is InChI=1S/C13H12N2O2/c1-3-17-12-5-11-10(4-8(12)2)13(16)9(6-14)7-15-11/h4-5,7H,3H2,1-2H3,(H,15,16). The van der Waals surface area contributed by atoms with E-state index in [1.54, 1.807) is 12.1 Å². The lowest BCUT2D eigenvalue weighted by Gasteiger charge is -2.08. The maximum absolute atomic E-state index is 11.9. The zero-order valence-electron chi connectivity index (χ0n) is 9.70. The second-order valence-corrected chi connectivity index (χ2v) is 3.74. The average Bonchev–Trinajstić information content (AvgIpc) is 2.32. The first-order chi connectivity index (χ1) is 8.17. The molecule has 0 bridgehead atoms. The van der Waals surface area contributed by atoms with E-state index in [1.807, 2.05) is 19.9 Å². The molecule has 1 aromatic carbocycles. The zero-order valence-corrected chi connectivity index (χ0v) is 9.70. The summed E-state index contributed by atoms with van der Waals surface area (Å²) in [7, 11) is 0. The van der Waals surface area contributed by atoms with Gasteiger partial charge in [0.2, 0.25) is 5.43 Å². The smallest absolute Gasteiger partial charge is 0.207 e. The molecule has 0 saturated heterocycles. The number of pyridine rings is 1. The fourth-order valence-electron chi connectivity index (χ4n) is 1.75. The van der Waals surface area contributed by atoms with Crippen LogP contribution in [0, 0.1) is 18.3 Å². The lowest BCUT2D eigenvalue weighted by molar-refractivity contribution is 0.338. The molecule has 2 aromatic rings. The summed E-state index contributed by atoms with van der Waals surface area (Å²) in [6.07, 6.45) is 1.43. The molecule has 17 heavy (non-hydrogen) atoms. The van der Waals surface area contributed by atoms with E-state index in [0.29, 0.717) is 17.5 Å². The molecule has 4 heteroatoms. The van der Waals surface area contributed by atoms with E-state index in [1.165, 1.54) is 6.20 Å². The number of nitrogens with zero attached hydrogens (tertiary/aromatic N) is 1. The van der Waals surface area contributed by atoms with Gasteiger partial charge in [-0.2, -0.15) is 5.26 Å². The fraction of sp³-hybridized carbons (Fsp3) is 0.231. The van der Waals surface area contributed by atoms with E-state index >= 15 is 0 Å². The minimum absolute atomic E-state index is 0.126. The Labute approximate surface area is 98.5 Å². The molecule has 0 amide bonds. The predicted octanol–water partition coefficient (Wildman–Crippen LogP) is 2.11. The summed E-state index contributed by atoms with van der Waals surface area (Å²) >= 11 is 0. The third-order valence-electron chi connectivity index (χ3n) is 2.60. The minimum atomic E-state index is -0.243. The Hall–Kier alpha value is -2.28. The van der Waals surface area contributed by atoms with Crippen LogP contribution in [-0.4, -0.2) is 11.6 Å². The second kappa shape index (κ2) is 4.30.